The Morgan fingerprint density at radius 1 is 1.06 bits per heavy atom. The zero-order valence-electron chi connectivity index (χ0n) is 18.3. The van der Waals surface area contributed by atoms with E-state index in [4.69, 9.17) is 10.00 Å². The third kappa shape index (κ3) is 4.27. The molecule has 2 aliphatic rings. The molecule has 6 nitrogen and oxygen atoms in total. The molecule has 3 aromatic rings. The first kappa shape index (κ1) is 20.7. The molecule has 0 bridgehead atoms. The molecule has 1 aromatic heterocycles. The summed E-state index contributed by atoms with van der Waals surface area (Å²) in [5.74, 6) is 1.19. The van der Waals surface area contributed by atoms with Crippen molar-refractivity contribution in [2.75, 3.05) is 39.3 Å². The maximum Gasteiger partial charge on any atom is 0.178 e. The number of carbonyl (C=O) groups excluding carboxylic acids is 1. The number of piperazine rings is 1. The van der Waals surface area contributed by atoms with Crippen LogP contribution in [0.1, 0.15) is 27.9 Å². The monoisotopic (exact) mass is 428 g/mol. The summed E-state index contributed by atoms with van der Waals surface area (Å²) in [6, 6.07) is 16.7. The number of aryl methyl sites for hydroxylation is 1. The molecule has 0 amide bonds. The first-order valence-corrected chi connectivity index (χ1v) is 11.4. The van der Waals surface area contributed by atoms with E-state index in [1.54, 1.807) is 0 Å². The van der Waals surface area contributed by atoms with E-state index in [2.05, 4.69) is 34.1 Å². The van der Waals surface area contributed by atoms with Gasteiger partial charge in [0.15, 0.2) is 5.78 Å². The summed E-state index contributed by atoms with van der Waals surface area (Å²) in [5, 5.41) is 9.92. The lowest BCUT2D eigenvalue weighted by Crippen LogP contribution is -2.47. The third-order valence-electron chi connectivity index (χ3n) is 6.55. The summed E-state index contributed by atoms with van der Waals surface area (Å²) < 4.78 is 7.64. The van der Waals surface area contributed by atoms with Crippen molar-refractivity contribution in [3.8, 4) is 11.8 Å². The Kier molecular flexibility index (Phi) is 5.93. The van der Waals surface area contributed by atoms with Crippen LogP contribution in [0.2, 0.25) is 0 Å². The standard InChI is InChI=1S/C26H28N4O2/c27-9-3-10-30-18-23(22-4-1-2-5-24(22)30)25(31)19-29-13-11-28(12-14-29)17-20-6-7-26-21(16-20)8-15-32-26/h1-2,4-7,16,18H,3,8,10-15,17,19H2. The number of rotatable bonds is 7. The highest BCUT2D eigenvalue weighted by Gasteiger charge is 2.22. The number of carbonyl (C=O) groups is 1. The number of benzene rings is 2. The molecular formula is C26H28N4O2. The average molecular weight is 429 g/mol. The van der Waals surface area contributed by atoms with E-state index in [0.717, 1.165) is 68.0 Å². The Morgan fingerprint density at radius 2 is 1.88 bits per heavy atom. The van der Waals surface area contributed by atoms with E-state index in [1.807, 2.05) is 35.0 Å². The molecule has 5 rings (SSSR count). The average Bonchev–Trinajstić information content (AvgIpc) is 3.43. The molecule has 1 saturated heterocycles. The van der Waals surface area contributed by atoms with Gasteiger partial charge >= 0.3 is 0 Å². The highest BCUT2D eigenvalue weighted by Crippen LogP contribution is 2.27. The minimum absolute atomic E-state index is 0.156. The molecule has 164 valence electrons. The van der Waals surface area contributed by atoms with Crippen molar-refractivity contribution in [2.45, 2.75) is 25.9 Å². The second kappa shape index (κ2) is 9.15. The van der Waals surface area contributed by atoms with Crippen LogP contribution in [0, 0.1) is 11.3 Å². The molecule has 3 heterocycles. The fourth-order valence-electron chi connectivity index (χ4n) is 4.81. The molecule has 32 heavy (non-hydrogen) atoms. The molecule has 2 aliphatic heterocycles. The fraction of sp³-hybridized carbons (Fsp3) is 0.385. The van der Waals surface area contributed by atoms with Gasteiger partial charge in [-0.25, -0.2) is 0 Å². The van der Waals surface area contributed by atoms with Gasteiger partial charge in [0.25, 0.3) is 0 Å². The van der Waals surface area contributed by atoms with Crippen LogP contribution in [0.4, 0.5) is 0 Å². The molecule has 0 saturated carbocycles. The van der Waals surface area contributed by atoms with Crippen molar-refractivity contribution < 1.29 is 9.53 Å². The number of fused-ring (bicyclic) bond motifs is 2. The van der Waals surface area contributed by atoms with Gasteiger partial charge < -0.3 is 9.30 Å². The van der Waals surface area contributed by atoms with E-state index in [0.29, 0.717) is 19.5 Å². The second-order valence-corrected chi connectivity index (χ2v) is 8.68. The lowest BCUT2D eigenvalue weighted by molar-refractivity contribution is 0.0845. The Morgan fingerprint density at radius 3 is 2.72 bits per heavy atom. The zero-order valence-corrected chi connectivity index (χ0v) is 18.3. The van der Waals surface area contributed by atoms with Crippen molar-refractivity contribution in [1.29, 1.82) is 5.26 Å². The van der Waals surface area contributed by atoms with Gasteiger partial charge in [-0.15, -0.1) is 0 Å². The van der Waals surface area contributed by atoms with E-state index < -0.39 is 0 Å². The lowest BCUT2D eigenvalue weighted by Gasteiger charge is -2.34. The van der Waals surface area contributed by atoms with Crippen molar-refractivity contribution in [3.63, 3.8) is 0 Å². The minimum Gasteiger partial charge on any atom is -0.493 e. The summed E-state index contributed by atoms with van der Waals surface area (Å²) in [7, 11) is 0. The normalized spacial score (nSPS) is 16.6. The molecule has 2 aromatic carbocycles. The SMILES string of the molecule is N#CCCn1cc(C(=O)CN2CCN(Cc3ccc4c(c3)CCO4)CC2)c2ccccc21. The van der Waals surface area contributed by atoms with Crippen LogP contribution >= 0.6 is 0 Å². The predicted molar refractivity (Wildman–Crippen MR) is 124 cm³/mol. The molecule has 0 unspecified atom stereocenters. The number of Topliss-reactive ketones (excluding diaryl/α,β-unsaturated/α-hetero) is 1. The first-order valence-electron chi connectivity index (χ1n) is 11.4. The van der Waals surface area contributed by atoms with Crippen LogP contribution in [0.3, 0.4) is 0 Å². The van der Waals surface area contributed by atoms with E-state index >= 15 is 0 Å². The maximum atomic E-state index is 13.1. The van der Waals surface area contributed by atoms with Gasteiger partial charge in [-0.05, 0) is 23.3 Å². The molecule has 6 heteroatoms. The largest absolute Gasteiger partial charge is 0.493 e. The van der Waals surface area contributed by atoms with Gasteiger partial charge in [-0.3, -0.25) is 14.6 Å². The minimum atomic E-state index is 0.156. The fourth-order valence-corrected chi connectivity index (χ4v) is 4.81. The highest BCUT2D eigenvalue weighted by atomic mass is 16.5. The number of nitriles is 1. The van der Waals surface area contributed by atoms with Crippen LogP contribution in [-0.2, 0) is 19.5 Å². The molecule has 0 radical (unpaired) electrons. The van der Waals surface area contributed by atoms with Crippen LogP contribution in [0.5, 0.6) is 5.75 Å². The summed E-state index contributed by atoms with van der Waals surface area (Å²) in [4.78, 5) is 17.9. The summed E-state index contributed by atoms with van der Waals surface area (Å²) in [5.41, 5.74) is 4.45. The number of hydrogen-bond acceptors (Lipinski definition) is 5. The Balaban J connectivity index is 1.19. The number of ketones is 1. The molecular weight excluding hydrogens is 400 g/mol. The van der Waals surface area contributed by atoms with Gasteiger partial charge in [0, 0.05) is 68.4 Å². The van der Waals surface area contributed by atoms with Gasteiger partial charge in [0.1, 0.15) is 5.75 Å². The number of ether oxygens (including phenoxy) is 1. The molecule has 0 aliphatic carbocycles. The van der Waals surface area contributed by atoms with Crippen molar-refractivity contribution in [3.05, 3.63) is 65.4 Å². The number of hydrogen-bond donors (Lipinski definition) is 0. The topological polar surface area (TPSA) is 61.5 Å². The first-order chi connectivity index (χ1) is 15.7. The van der Waals surface area contributed by atoms with Crippen LogP contribution in [0.25, 0.3) is 10.9 Å². The molecule has 0 N–H and O–H groups in total. The molecule has 1 fully saturated rings. The summed E-state index contributed by atoms with van der Waals surface area (Å²) in [6.07, 6.45) is 3.37. The van der Waals surface area contributed by atoms with Gasteiger partial charge in [-0.1, -0.05) is 30.3 Å². The molecule has 0 spiro atoms. The summed E-state index contributed by atoms with van der Waals surface area (Å²) in [6.45, 7) is 6.51. The van der Waals surface area contributed by atoms with Crippen LogP contribution in [0.15, 0.2) is 48.7 Å². The smallest absolute Gasteiger partial charge is 0.178 e. The van der Waals surface area contributed by atoms with Gasteiger partial charge in [0.05, 0.1) is 25.6 Å². The number of nitrogens with zero attached hydrogens (tertiary/aromatic N) is 4. The van der Waals surface area contributed by atoms with Crippen LogP contribution in [-0.4, -0.2) is 59.5 Å². The van der Waals surface area contributed by atoms with Crippen molar-refractivity contribution in [1.82, 2.24) is 14.4 Å². The quantitative estimate of drug-likeness (QED) is 0.539. The predicted octanol–water partition coefficient (Wildman–Crippen LogP) is 3.49. The van der Waals surface area contributed by atoms with Crippen molar-refractivity contribution >= 4 is 16.7 Å². The molecule has 0 atom stereocenters. The summed E-state index contributed by atoms with van der Waals surface area (Å²) >= 11 is 0. The van der Waals surface area contributed by atoms with Crippen molar-refractivity contribution in [2.24, 2.45) is 0 Å². The van der Waals surface area contributed by atoms with E-state index in [1.165, 1.54) is 11.1 Å². The number of aromatic nitrogens is 1. The zero-order chi connectivity index (χ0) is 21.9. The number of para-hydroxylation sites is 1. The van der Waals surface area contributed by atoms with Gasteiger partial charge in [0.2, 0.25) is 0 Å². The Bertz CT molecular complexity index is 1170. The third-order valence-corrected chi connectivity index (χ3v) is 6.55. The Labute approximate surface area is 188 Å². The van der Waals surface area contributed by atoms with Gasteiger partial charge in [-0.2, -0.15) is 5.26 Å². The lowest BCUT2D eigenvalue weighted by atomic mass is 10.1. The van der Waals surface area contributed by atoms with E-state index in [9.17, 15) is 4.79 Å². The maximum absolute atomic E-state index is 13.1. The second-order valence-electron chi connectivity index (χ2n) is 8.68. The Hall–Kier alpha value is -3.14. The van der Waals surface area contributed by atoms with Crippen LogP contribution < -0.4 is 4.74 Å². The van der Waals surface area contributed by atoms with E-state index in [-0.39, 0.29) is 5.78 Å². The highest BCUT2D eigenvalue weighted by molar-refractivity contribution is 6.09.